The van der Waals surface area contributed by atoms with Crippen molar-refractivity contribution in [3.05, 3.63) is 62.6 Å². The molecule has 29 heavy (non-hydrogen) atoms. The standard InChI is InChI=1S/C19H18Br2N4O4/c1-8-12-5-22-7-23(16(12)10(3)18(14(8)20)24(26)27)6-13-9(2)15(21)19(25(28)29)11(4)17(13)22/h5-7H2,1-4H3. The largest absolute Gasteiger partial charge is 0.349 e. The van der Waals surface area contributed by atoms with E-state index in [0.29, 0.717) is 39.8 Å². The highest BCUT2D eigenvalue weighted by Gasteiger charge is 2.39. The van der Waals surface area contributed by atoms with Crippen LogP contribution in [-0.2, 0) is 13.1 Å². The van der Waals surface area contributed by atoms with Gasteiger partial charge in [0.1, 0.15) is 0 Å². The monoisotopic (exact) mass is 524 g/mol. The van der Waals surface area contributed by atoms with Gasteiger partial charge in [-0.2, -0.15) is 0 Å². The highest BCUT2D eigenvalue weighted by Crippen LogP contribution is 2.50. The van der Waals surface area contributed by atoms with Crippen molar-refractivity contribution < 1.29 is 9.85 Å². The second-order valence-electron chi connectivity index (χ2n) is 7.53. The van der Waals surface area contributed by atoms with Crippen molar-refractivity contribution >= 4 is 54.6 Å². The van der Waals surface area contributed by atoms with Crippen LogP contribution >= 0.6 is 31.9 Å². The molecule has 10 heteroatoms. The summed E-state index contributed by atoms with van der Waals surface area (Å²) in [5.41, 5.74) is 6.95. The third kappa shape index (κ3) is 2.68. The third-order valence-corrected chi connectivity index (χ3v) is 7.95. The summed E-state index contributed by atoms with van der Waals surface area (Å²) in [4.78, 5) is 26.9. The Labute approximate surface area is 184 Å². The second kappa shape index (κ2) is 6.66. The van der Waals surface area contributed by atoms with Crippen LogP contribution in [0.4, 0.5) is 22.7 Å². The van der Waals surface area contributed by atoms with Crippen LogP contribution < -0.4 is 9.80 Å². The van der Waals surface area contributed by atoms with Gasteiger partial charge in [-0.25, -0.2) is 0 Å². The molecule has 0 saturated heterocycles. The average molecular weight is 526 g/mol. The maximum Gasteiger partial charge on any atom is 0.288 e. The fourth-order valence-corrected chi connectivity index (χ4v) is 6.01. The zero-order valence-corrected chi connectivity index (χ0v) is 19.5. The van der Waals surface area contributed by atoms with E-state index in [-0.39, 0.29) is 21.2 Å². The van der Waals surface area contributed by atoms with Gasteiger partial charge >= 0.3 is 0 Å². The minimum Gasteiger partial charge on any atom is -0.349 e. The molecule has 2 aliphatic heterocycles. The zero-order chi connectivity index (χ0) is 21.4. The lowest BCUT2D eigenvalue weighted by Crippen LogP contribution is -2.47. The number of rotatable bonds is 2. The highest BCUT2D eigenvalue weighted by molar-refractivity contribution is 9.11. The maximum absolute atomic E-state index is 11.7. The molecular formula is C19H18Br2N4O4. The van der Waals surface area contributed by atoms with Crippen molar-refractivity contribution in [2.24, 2.45) is 0 Å². The van der Waals surface area contributed by atoms with Crippen LogP contribution in [0, 0.1) is 47.9 Å². The Morgan fingerprint density at radius 3 is 1.38 bits per heavy atom. The molecule has 0 spiro atoms. The summed E-state index contributed by atoms with van der Waals surface area (Å²) in [6.07, 6.45) is 0. The molecule has 0 aliphatic carbocycles. The topological polar surface area (TPSA) is 92.8 Å². The van der Waals surface area contributed by atoms with Gasteiger partial charge in [-0.05, 0) is 81.8 Å². The number of anilines is 2. The van der Waals surface area contributed by atoms with E-state index >= 15 is 0 Å². The number of nitro benzene ring substituents is 2. The van der Waals surface area contributed by atoms with Crippen LogP contribution in [0.1, 0.15) is 33.4 Å². The average Bonchev–Trinajstić information content (AvgIpc) is 2.63. The summed E-state index contributed by atoms with van der Waals surface area (Å²) >= 11 is 6.83. The Hall–Kier alpha value is -2.20. The van der Waals surface area contributed by atoms with E-state index in [1.54, 1.807) is 13.8 Å². The van der Waals surface area contributed by atoms with E-state index < -0.39 is 0 Å². The van der Waals surface area contributed by atoms with Crippen molar-refractivity contribution in [2.45, 2.75) is 40.8 Å². The normalized spacial score (nSPS) is 14.6. The van der Waals surface area contributed by atoms with Crippen molar-refractivity contribution in [2.75, 3.05) is 16.5 Å². The molecule has 0 aromatic heterocycles. The summed E-state index contributed by atoms with van der Waals surface area (Å²) in [5.74, 6) is 0. The second-order valence-corrected chi connectivity index (χ2v) is 9.12. The van der Waals surface area contributed by atoms with Crippen LogP contribution in [0.15, 0.2) is 8.95 Å². The molecule has 0 unspecified atom stereocenters. The van der Waals surface area contributed by atoms with Gasteiger partial charge < -0.3 is 9.80 Å². The summed E-state index contributed by atoms with van der Waals surface area (Å²) in [6.45, 7) is 8.95. The molecule has 2 bridgehead atoms. The number of fused-ring (bicyclic) bond motifs is 6. The highest BCUT2D eigenvalue weighted by atomic mass is 79.9. The lowest BCUT2D eigenvalue weighted by atomic mass is 9.91. The van der Waals surface area contributed by atoms with Crippen LogP contribution in [0.3, 0.4) is 0 Å². The van der Waals surface area contributed by atoms with E-state index in [1.165, 1.54) is 0 Å². The summed E-state index contributed by atoms with van der Waals surface area (Å²) in [7, 11) is 0. The van der Waals surface area contributed by atoms with Gasteiger partial charge in [0.15, 0.2) is 0 Å². The molecule has 8 nitrogen and oxygen atoms in total. The first kappa shape index (κ1) is 20.1. The molecule has 0 N–H and O–H groups in total. The zero-order valence-electron chi connectivity index (χ0n) is 16.3. The molecule has 0 amide bonds. The molecule has 2 heterocycles. The Balaban J connectivity index is 1.98. The summed E-state index contributed by atoms with van der Waals surface area (Å²) < 4.78 is 0.993. The molecule has 2 aromatic carbocycles. The number of halogens is 2. The van der Waals surface area contributed by atoms with E-state index in [4.69, 9.17) is 0 Å². The number of nitro groups is 2. The van der Waals surface area contributed by atoms with E-state index in [1.807, 2.05) is 13.8 Å². The van der Waals surface area contributed by atoms with Gasteiger partial charge in [-0.15, -0.1) is 0 Å². The molecule has 2 aromatic rings. The minimum absolute atomic E-state index is 0.0956. The van der Waals surface area contributed by atoms with Crippen LogP contribution in [-0.4, -0.2) is 16.5 Å². The fraction of sp³-hybridized carbons (Fsp3) is 0.368. The molecule has 0 saturated carbocycles. The fourth-order valence-electron chi connectivity index (χ4n) is 4.65. The van der Waals surface area contributed by atoms with Gasteiger partial charge in [-0.3, -0.25) is 20.2 Å². The first-order valence-corrected chi connectivity index (χ1v) is 10.6. The van der Waals surface area contributed by atoms with E-state index in [0.717, 1.165) is 33.6 Å². The lowest BCUT2D eigenvalue weighted by molar-refractivity contribution is -0.386. The SMILES string of the molecule is Cc1c(Br)c([N+](=O)[O-])c(C)c2c1CN1CN2Cc2c(C)c(Br)c([N+](=O)[O-])c(C)c21. The Morgan fingerprint density at radius 2 is 1.07 bits per heavy atom. The summed E-state index contributed by atoms with van der Waals surface area (Å²) in [6, 6.07) is 0. The molecule has 0 fully saturated rings. The third-order valence-electron chi connectivity index (χ3n) is 6.01. The van der Waals surface area contributed by atoms with Crippen LogP contribution in [0.5, 0.6) is 0 Å². The maximum atomic E-state index is 11.7. The first-order valence-electron chi connectivity index (χ1n) is 8.97. The molecular weight excluding hydrogens is 508 g/mol. The predicted molar refractivity (Wildman–Crippen MR) is 118 cm³/mol. The lowest BCUT2D eigenvalue weighted by Gasteiger charge is -2.47. The van der Waals surface area contributed by atoms with Gasteiger partial charge in [0.25, 0.3) is 11.4 Å². The van der Waals surface area contributed by atoms with Gasteiger partial charge in [-0.1, -0.05) is 0 Å². The minimum atomic E-state index is -0.341. The number of hydrogen-bond acceptors (Lipinski definition) is 6. The van der Waals surface area contributed by atoms with Gasteiger partial charge in [0.05, 0.1) is 48.0 Å². The quantitative estimate of drug-likeness (QED) is 0.376. The van der Waals surface area contributed by atoms with Crippen LogP contribution in [0.2, 0.25) is 0 Å². The Bertz CT molecular complexity index is 1050. The van der Waals surface area contributed by atoms with Crippen molar-refractivity contribution in [1.82, 2.24) is 0 Å². The molecule has 152 valence electrons. The predicted octanol–water partition coefficient (Wildman–Crippen LogP) is 5.56. The van der Waals surface area contributed by atoms with E-state index in [2.05, 4.69) is 41.7 Å². The van der Waals surface area contributed by atoms with E-state index in [9.17, 15) is 20.2 Å². The van der Waals surface area contributed by atoms with Gasteiger partial charge in [0.2, 0.25) is 0 Å². The Kier molecular flexibility index (Phi) is 4.62. The first-order chi connectivity index (χ1) is 13.6. The van der Waals surface area contributed by atoms with Gasteiger partial charge in [0, 0.05) is 13.1 Å². The molecule has 0 atom stereocenters. The number of hydrogen-bond donors (Lipinski definition) is 0. The molecule has 0 radical (unpaired) electrons. The number of benzene rings is 2. The van der Waals surface area contributed by atoms with Crippen LogP contribution in [0.25, 0.3) is 0 Å². The summed E-state index contributed by atoms with van der Waals surface area (Å²) in [5, 5.41) is 23.3. The smallest absolute Gasteiger partial charge is 0.288 e. The van der Waals surface area contributed by atoms with Crippen molar-refractivity contribution in [3.63, 3.8) is 0 Å². The van der Waals surface area contributed by atoms with Crippen molar-refractivity contribution in [3.8, 4) is 0 Å². The van der Waals surface area contributed by atoms with Crippen molar-refractivity contribution in [1.29, 1.82) is 0 Å². The molecule has 4 rings (SSSR count). The molecule has 2 aliphatic rings. The Morgan fingerprint density at radius 1 is 0.724 bits per heavy atom. The number of nitrogens with zero attached hydrogens (tertiary/aromatic N) is 4.